The van der Waals surface area contributed by atoms with E-state index in [1.807, 2.05) is 0 Å². The summed E-state index contributed by atoms with van der Waals surface area (Å²) in [4.78, 5) is -0.564. The number of hydrogen-bond donors (Lipinski definition) is 1. The van der Waals surface area contributed by atoms with E-state index in [2.05, 4.69) is 20.4 Å². The van der Waals surface area contributed by atoms with E-state index >= 15 is 4.39 Å². The standard InChI is InChI=1S/C17H12FN5O3S2/c18-16-13(26-12-5-2-1-3-6-12)7-4-8-14(16)28(24,25)23(15-9-10-19-21-15)17-22-20-11-27-17/h1-11H,(H,19,21). The number of nitrogens with zero attached hydrogens (tertiary/aromatic N) is 4. The van der Waals surface area contributed by atoms with E-state index in [1.165, 1.54) is 29.9 Å². The van der Waals surface area contributed by atoms with Gasteiger partial charge in [-0.3, -0.25) is 5.10 Å². The first-order valence-corrected chi connectivity index (χ1v) is 10.2. The number of ether oxygens (including phenoxy) is 1. The second-order valence-corrected chi connectivity index (χ2v) is 7.98. The van der Waals surface area contributed by atoms with E-state index in [4.69, 9.17) is 4.74 Å². The molecule has 4 rings (SSSR count). The Morgan fingerprint density at radius 3 is 2.57 bits per heavy atom. The highest BCUT2D eigenvalue weighted by Gasteiger charge is 2.33. The minimum absolute atomic E-state index is 0.0398. The van der Waals surface area contributed by atoms with Crippen LogP contribution < -0.4 is 9.04 Å². The molecule has 1 N–H and O–H groups in total. The number of H-pyrrole nitrogens is 1. The molecule has 0 aliphatic carbocycles. The van der Waals surface area contributed by atoms with Gasteiger partial charge in [0.2, 0.25) is 5.13 Å². The van der Waals surface area contributed by atoms with Crippen LogP contribution in [0.5, 0.6) is 11.5 Å². The Morgan fingerprint density at radius 1 is 1.07 bits per heavy atom. The zero-order valence-electron chi connectivity index (χ0n) is 14.1. The highest BCUT2D eigenvalue weighted by atomic mass is 32.2. The molecule has 0 radical (unpaired) electrons. The maximum absolute atomic E-state index is 15.1. The summed E-state index contributed by atoms with van der Waals surface area (Å²) in [5.41, 5.74) is 1.37. The van der Waals surface area contributed by atoms with Crippen LogP contribution in [0.2, 0.25) is 0 Å². The number of aromatic nitrogens is 4. The predicted molar refractivity (Wildman–Crippen MR) is 101 cm³/mol. The largest absolute Gasteiger partial charge is 0.454 e. The molecule has 28 heavy (non-hydrogen) atoms. The molecule has 0 aliphatic rings. The zero-order valence-corrected chi connectivity index (χ0v) is 15.7. The number of benzene rings is 2. The lowest BCUT2D eigenvalue weighted by molar-refractivity contribution is 0.432. The Kier molecular flexibility index (Phi) is 4.75. The van der Waals surface area contributed by atoms with Crippen molar-refractivity contribution in [1.82, 2.24) is 20.4 Å². The fourth-order valence-electron chi connectivity index (χ4n) is 2.44. The van der Waals surface area contributed by atoms with Crippen LogP contribution >= 0.6 is 11.3 Å². The number of aromatic amines is 1. The zero-order chi connectivity index (χ0) is 19.6. The Bertz CT molecular complexity index is 1130. The lowest BCUT2D eigenvalue weighted by atomic mass is 10.3. The molecule has 8 nitrogen and oxygen atoms in total. The van der Waals surface area contributed by atoms with E-state index in [0.29, 0.717) is 5.75 Å². The van der Waals surface area contributed by atoms with Gasteiger partial charge >= 0.3 is 0 Å². The SMILES string of the molecule is O=S(=O)(c1cccc(Oc2ccccc2)c1F)N(c1ccn[nH]1)c1nncs1. The monoisotopic (exact) mass is 417 g/mol. The number of halogens is 1. The molecule has 11 heteroatoms. The molecule has 0 amide bonds. The van der Waals surface area contributed by atoms with Gasteiger partial charge in [-0.2, -0.15) is 9.40 Å². The van der Waals surface area contributed by atoms with Gasteiger partial charge in [0.25, 0.3) is 10.0 Å². The van der Waals surface area contributed by atoms with E-state index in [1.54, 1.807) is 30.3 Å². The molecule has 4 aromatic rings. The first kappa shape index (κ1) is 18.1. The van der Waals surface area contributed by atoms with Crippen molar-refractivity contribution in [2.24, 2.45) is 0 Å². The molecule has 0 saturated carbocycles. The van der Waals surface area contributed by atoms with Gasteiger partial charge in [-0.25, -0.2) is 12.8 Å². The summed E-state index contributed by atoms with van der Waals surface area (Å²) in [6.07, 6.45) is 1.38. The molecule has 0 bridgehead atoms. The highest BCUT2D eigenvalue weighted by molar-refractivity contribution is 7.93. The first-order valence-electron chi connectivity index (χ1n) is 7.89. The Labute approximate surface area is 163 Å². The van der Waals surface area contributed by atoms with Gasteiger partial charge in [0.05, 0.1) is 6.20 Å². The van der Waals surface area contributed by atoms with Crippen molar-refractivity contribution in [2.45, 2.75) is 4.90 Å². The predicted octanol–water partition coefficient (Wildman–Crippen LogP) is 3.72. The van der Waals surface area contributed by atoms with E-state index in [9.17, 15) is 8.42 Å². The van der Waals surface area contributed by atoms with Crippen molar-refractivity contribution < 1.29 is 17.5 Å². The summed E-state index contributed by atoms with van der Waals surface area (Å²) in [6.45, 7) is 0. The van der Waals surface area contributed by atoms with Crippen LogP contribution in [0.25, 0.3) is 0 Å². The summed E-state index contributed by atoms with van der Waals surface area (Å²) >= 11 is 0.987. The third-order valence-corrected chi connectivity index (χ3v) is 6.16. The molecule has 0 unspecified atom stereocenters. The van der Waals surface area contributed by atoms with Crippen molar-refractivity contribution in [2.75, 3.05) is 4.31 Å². The summed E-state index contributed by atoms with van der Waals surface area (Å²) in [5, 5.41) is 13.8. The third-order valence-electron chi connectivity index (χ3n) is 3.64. The van der Waals surface area contributed by atoms with E-state index in [-0.39, 0.29) is 16.7 Å². The number of nitrogens with one attached hydrogen (secondary N) is 1. The number of anilines is 2. The first-order chi connectivity index (χ1) is 13.6. The fourth-order valence-corrected chi connectivity index (χ4v) is 4.71. The van der Waals surface area contributed by atoms with Crippen molar-refractivity contribution in [3.05, 3.63) is 72.1 Å². The minimum Gasteiger partial charge on any atom is -0.454 e. The van der Waals surface area contributed by atoms with Gasteiger partial charge in [-0.05, 0) is 24.3 Å². The molecule has 0 atom stereocenters. The lowest BCUT2D eigenvalue weighted by Crippen LogP contribution is -2.27. The average molecular weight is 417 g/mol. The molecule has 2 aromatic carbocycles. The van der Waals surface area contributed by atoms with Crippen LogP contribution in [0.3, 0.4) is 0 Å². The molecule has 0 spiro atoms. The molecule has 0 aliphatic heterocycles. The molecular formula is C17H12FN5O3S2. The van der Waals surface area contributed by atoms with Crippen LogP contribution in [0.15, 0.2) is 71.2 Å². The normalized spacial score (nSPS) is 11.3. The number of sulfonamides is 1. The van der Waals surface area contributed by atoms with Crippen molar-refractivity contribution in [1.29, 1.82) is 0 Å². The van der Waals surface area contributed by atoms with Gasteiger partial charge in [0.15, 0.2) is 11.6 Å². The highest BCUT2D eigenvalue weighted by Crippen LogP contribution is 2.35. The average Bonchev–Trinajstić information content (AvgIpc) is 3.39. The van der Waals surface area contributed by atoms with Crippen LogP contribution in [0.1, 0.15) is 0 Å². The van der Waals surface area contributed by atoms with Crippen molar-refractivity contribution >= 4 is 32.3 Å². The summed E-state index contributed by atoms with van der Waals surface area (Å²) in [5.74, 6) is -0.745. The van der Waals surface area contributed by atoms with Crippen LogP contribution in [0.4, 0.5) is 15.3 Å². The van der Waals surface area contributed by atoms with Gasteiger partial charge in [0.1, 0.15) is 22.0 Å². The number of para-hydroxylation sites is 1. The second kappa shape index (κ2) is 7.37. The maximum Gasteiger partial charge on any atom is 0.274 e. The van der Waals surface area contributed by atoms with Gasteiger partial charge in [-0.1, -0.05) is 35.6 Å². The van der Waals surface area contributed by atoms with Crippen LogP contribution in [-0.4, -0.2) is 28.8 Å². The van der Waals surface area contributed by atoms with Crippen molar-refractivity contribution in [3.8, 4) is 11.5 Å². The van der Waals surface area contributed by atoms with E-state index in [0.717, 1.165) is 21.7 Å². The van der Waals surface area contributed by atoms with Gasteiger partial charge in [0, 0.05) is 6.07 Å². The maximum atomic E-state index is 15.1. The molecule has 0 saturated heterocycles. The number of hydrogen-bond acceptors (Lipinski definition) is 7. The van der Waals surface area contributed by atoms with Crippen LogP contribution in [0, 0.1) is 5.82 Å². The Morgan fingerprint density at radius 2 is 1.89 bits per heavy atom. The van der Waals surface area contributed by atoms with Crippen molar-refractivity contribution in [3.63, 3.8) is 0 Å². The summed E-state index contributed by atoms with van der Waals surface area (Å²) < 4.78 is 48.0. The quantitative estimate of drug-likeness (QED) is 0.513. The topological polar surface area (TPSA) is 101 Å². The Hall–Kier alpha value is -3.31. The number of rotatable bonds is 6. The Balaban J connectivity index is 1.80. The minimum atomic E-state index is -4.38. The second-order valence-electron chi connectivity index (χ2n) is 5.42. The van der Waals surface area contributed by atoms with E-state index < -0.39 is 20.7 Å². The smallest absolute Gasteiger partial charge is 0.274 e. The third kappa shape index (κ3) is 3.32. The summed E-state index contributed by atoms with van der Waals surface area (Å²) in [7, 11) is -4.38. The molecule has 2 heterocycles. The molecule has 2 aromatic heterocycles. The molecular weight excluding hydrogens is 405 g/mol. The molecule has 142 valence electrons. The van der Waals surface area contributed by atoms with Crippen LogP contribution in [-0.2, 0) is 10.0 Å². The summed E-state index contributed by atoms with van der Waals surface area (Å²) in [6, 6.07) is 13.9. The lowest BCUT2D eigenvalue weighted by Gasteiger charge is -2.20. The van der Waals surface area contributed by atoms with Gasteiger partial charge < -0.3 is 4.74 Å². The fraction of sp³-hybridized carbons (Fsp3) is 0. The van der Waals surface area contributed by atoms with Gasteiger partial charge in [-0.15, -0.1) is 10.2 Å². The molecule has 0 fully saturated rings.